The second kappa shape index (κ2) is 4.10. The Labute approximate surface area is 58.9 Å². The van der Waals surface area contributed by atoms with Crippen molar-refractivity contribution in [2.45, 2.75) is 26.8 Å². The van der Waals surface area contributed by atoms with E-state index >= 15 is 0 Å². The minimum Gasteiger partial charge on any atom is -0.383 e. The molecule has 3 nitrogen and oxygen atoms in total. The Kier molecular flexibility index (Phi) is 1.85. The third-order valence-electron chi connectivity index (χ3n) is 0.809. The first kappa shape index (κ1) is 4.07. The highest BCUT2D eigenvalue weighted by atomic mass is 16.6. The molecule has 0 fully saturated rings. The first-order valence-corrected chi connectivity index (χ1v) is 2.62. The van der Waals surface area contributed by atoms with E-state index in [4.69, 9.17) is 4.11 Å². The molecule has 9 heavy (non-hydrogen) atoms. The van der Waals surface area contributed by atoms with Gasteiger partial charge in [-0.1, -0.05) is 13.8 Å². The molecule has 0 aromatic rings. The zero-order chi connectivity index (χ0) is 9.78. The largest absolute Gasteiger partial charge is 0.383 e. The van der Waals surface area contributed by atoms with Crippen molar-refractivity contribution in [1.29, 1.82) is 0 Å². The Bertz CT molecular complexity index is 184. The summed E-state index contributed by atoms with van der Waals surface area (Å²) in [6.45, 7) is 1.10. The Morgan fingerprint density at radius 1 is 1.78 bits per heavy atom. The lowest BCUT2D eigenvalue weighted by Crippen LogP contribution is -2.11. The lowest BCUT2D eigenvalue weighted by atomic mass is 10.1. The molecule has 0 aromatic heterocycles. The van der Waals surface area contributed by atoms with Crippen LogP contribution in [-0.2, 0) is 9.63 Å². The van der Waals surface area contributed by atoms with E-state index in [1.54, 1.807) is 13.8 Å². The van der Waals surface area contributed by atoms with Crippen molar-refractivity contribution in [3.05, 3.63) is 0 Å². The van der Waals surface area contributed by atoms with E-state index < -0.39 is 13.0 Å². The van der Waals surface area contributed by atoms with Crippen LogP contribution in [0.15, 0.2) is 5.16 Å². The quantitative estimate of drug-likeness (QED) is 0.330. The zero-order valence-corrected chi connectivity index (χ0v) is 5.42. The number of rotatable bonds is 3. The summed E-state index contributed by atoms with van der Waals surface area (Å²) in [5, 5.41) is 2.79. The third-order valence-corrected chi connectivity index (χ3v) is 0.809. The maximum atomic E-state index is 9.66. The zero-order valence-electron chi connectivity index (χ0n) is 8.42. The molecule has 52 valence electrons. The number of nitrogens with zero attached hydrogens (tertiary/aromatic N) is 1. The molecule has 0 radical (unpaired) electrons. The summed E-state index contributed by atoms with van der Waals surface area (Å²) in [4.78, 5) is 14.1. The van der Waals surface area contributed by atoms with Gasteiger partial charge in [0.05, 0.1) is 0 Å². The average molecular weight is 132 g/mol. The van der Waals surface area contributed by atoms with E-state index in [1.165, 1.54) is 0 Å². The van der Waals surface area contributed by atoms with Gasteiger partial charge in [0.15, 0.2) is 0 Å². The van der Waals surface area contributed by atoms with Gasteiger partial charge in [-0.05, 0) is 12.8 Å². The van der Waals surface area contributed by atoms with Crippen molar-refractivity contribution in [2.24, 2.45) is 11.1 Å². The Morgan fingerprint density at radius 3 is 2.78 bits per heavy atom. The highest BCUT2D eigenvalue weighted by Crippen LogP contribution is 2.03. The van der Waals surface area contributed by atoms with Gasteiger partial charge in [0.25, 0.3) is 6.08 Å². The Hall–Kier alpha value is -0.820. The fourth-order valence-corrected chi connectivity index (χ4v) is 0.200. The fourth-order valence-electron chi connectivity index (χ4n) is 0.200. The molecule has 1 unspecified atom stereocenters. The van der Waals surface area contributed by atoms with E-state index in [0.717, 1.165) is 6.08 Å². The number of carbonyl (C=O) groups excluding carboxylic acids is 1. The topological polar surface area (TPSA) is 38.7 Å². The molecule has 0 spiro atoms. The summed E-state index contributed by atoms with van der Waals surface area (Å²) in [7, 11) is 0. The van der Waals surface area contributed by atoms with E-state index in [9.17, 15) is 4.79 Å². The maximum absolute atomic E-state index is 9.66. The van der Waals surface area contributed by atoms with Gasteiger partial charge in [0, 0.05) is 9.27 Å². The van der Waals surface area contributed by atoms with Crippen LogP contribution in [0, 0.1) is 5.92 Å². The molecule has 0 aliphatic heterocycles. The minimum absolute atomic E-state index is 0.227. The van der Waals surface area contributed by atoms with Gasteiger partial charge >= 0.3 is 0 Å². The molecular weight excluding hydrogens is 118 g/mol. The number of hydrogen-bond donors (Lipinski definition) is 0. The molecule has 0 rings (SSSR count). The standard InChI is InChI=1S/C6H11NO2/c1-5(2)6(3)9-7-4-8/h5-6H,1-3H3/i3D3. The molecule has 3 heteroatoms. The van der Waals surface area contributed by atoms with Gasteiger partial charge < -0.3 is 4.84 Å². The van der Waals surface area contributed by atoms with Crippen LogP contribution in [0.2, 0.25) is 0 Å². The van der Waals surface area contributed by atoms with Crippen LogP contribution in [0.3, 0.4) is 0 Å². The van der Waals surface area contributed by atoms with Gasteiger partial charge in [0.2, 0.25) is 0 Å². The van der Waals surface area contributed by atoms with Gasteiger partial charge in [-0.2, -0.15) is 0 Å². The molecule has 0 amide bonds. The number of hydrogen-bond acceptors (Lipinski definition) is 3. The van der Waals surface area contributed by atoms with Gasteiger partial charge in [-0.3, -0.25) is 0 Å². The lowest BCUT2D eigenvalue weighted by molar-refractivity contribution is 0.0403. The summed E-state index contributed by atoms with van der Waals surface area (Å²) in [5.74, 6) is -0.227. The maximum Gasteiger partial charge on any atom is 0.276 e. The second-order valence-corrected chi connectivity index (χ2v) is 1.95. The van der Waals surface area contributed by atoms with Crippen LogP contribution >= 0.6 is 0 Å². The minimum atomic E-state index is -2.26. The Morgan fingerprint density at radius 2 is 2.44 bits per heavy atom. The molecule has 0 aromatic carbocycles. The predicted octanol–water partition coefficient (Wildman–Crippen LogP) is 1.30. The van der Waals surface area contributed by atoms with E-state index in [1.807, 2.05) is 0 Å². The second-order valence-electron chi connectivity index (χ2n) is 1.95. The molecule has 1 atom stereocenters. The first-order chi connectivity index (χ1) is 5.39. The van der Waals surface area contributed by atoms with Gasteiger partial charge in [-0.25, -0.2) is 4.79 Å². The van der Waals surface area contributed by atoms with Crippen molar-refractivity contribution in [2.75, 3.05) is 0 Å². The highest BCUT2D eigenvalue weighted by Gasteiger charge is 2.05. The van der Waals surface area contributed by atoms with E-state index in [2.05, 4.69) is 9.99 Å². The molecule has 0 aliphatic carbocycles. The monoisotopic (exact) mass is 132 g/mol. The fraction of sp³-hybridized carbons (Fsp3) is 0.833. The summed E-state index contributed by atoms with van der Waals surface area (Å²) < 4.78 is 21.0. The molecular formula is C6H11NO2. The molecule has 0 aliphatic rings. The number of isocyanates is 1. The first-order valence-electron chi connectivity index (χ1n) is 4.12. The van der Waals surface area contributed by atoms with Crippen molar-refractivity contribution in [3.63, 3.8) is 0 Å². The third kappa shape index (κ3) is 3.74. The Balaban J connectivity index is 4.34. The van der Waals surface area contributed by atoms with Gasteiger partial charge in [0.1, 0.15) is 6.10 Å². The molecule has 0 bridgehead atoms. The molecule has 0 saturated carbocycles. The van der Waals surface area contributed by atoms with E-state index in [0.29, 0.717) is 0 Å². The summed E-state index contributed by atoms with van der Waals surface area (Å²) in [5.41, 5.74) is 0. The normalized spacial score (nSPS) is 18.8. The summed E-state index contributed by atoms with van der Waals surface area (Å²) in [6.07, 6.45) is 0.0853. The van der Waals surface area contributed by atoms with Crippen LogP contribution < -0.4 is 0 Å². The lowest BCUT2D eigenvalue weighted by Gasteiger charge is -2.10. The van der Waals surface area contributed by atoms with E-state index in [-0.39, 0.29) is 5.92 Å². The van der Waals surface area contributed by atoms with Crippen molar-refractivity contribution >= 4 is 6.08 Å². The summed E-state index contributed by atoms with van der Waals surface area (Å²) in [6, 6.07) is 0. The summed E-state index contributed by atoms with van der Waals surface area (Å²) >= 11 is 0. The predicted molar refractivity (Wildman–Crippen MR) is 33.5 cm³/mol. The van der Waals surface area contributed by atoms with Crippen molar-refractivity contribution < 1.29 is 13.7 Å². The van der Waals surface area contributed by atoms with Crippen LogP contribution in [0.25, 0.3) is 0 Å². The van der Waals surface area contributed by atoms with Gasteiger partial charge in [-0.15, -0.1) is 0 Å². The van der Waals surface area contributed by atoms with Crippen LogP contribution in [0.4, 0.5) is 0 Å². The molecule has 0 saturated heterocycles. The highest BCUT2D eigenvalue weighted by molar-refractivity contribution is 5.31. The molecule has 0 N–H and O–H groups in total. The van der Waals surface area contributed by atoms with Crippen LogP contribution in [-0.4, -0.2) is 12.2 Å². The SMILES string of the molecule is [2H]C([2H])([2H])C(ON=C=O)C(C)C. The van der Waals surface area contributed by atoms with Crippen molar-refractivity contribution in [1.82, 2.24) is 0 Å². The average Bonchev–Trinajstić information content (AvgIpc) is 1.84. The van der Waals surface area contributed by atoms with Crippen molar-refractivity contribution in [3.8, 4) is 0 Å². The van der Waals surface area contributed by atoms with Crippen LogP contribution in [0.5, 0.6) is 0 Å². The molecule has 0 heterocycles. The smallest absolute Gasteiger partial charge is 0.276 e. The van der Waals surface area contributed by atoms with Crippen LogP contribution in [0.1, 0.15) is 24.8 Å².